The minimum atomic E-state index is -0.356. The Labute approximate surface area is 233 Å². The normalized spacial score (nSPS) is 10.9. The highest BCUT2D eigenvalue weighted by Crippen LogP contribution is 2.35. The van der Waals surface area contributed by atoms with Crippen molar-refractivity contribution in [1.82, 2.24) is 9.99 Å². The third-order valence-electron chi connectivity index (χ3n) is 6.47. The zero-order chi connectivity index (χ0) is 27.9. The molecule has 1 aromatic heterocycles. The summed E-state index contributed by atoms with van der Waals surface area (Å²) in [6.45, 7) is 4.08. The molecule has 0 fully saturated rings. The summed E-state index contributed by atoms with van der Waals surface area (Å²) >= 11 is 0. The van der Waals surface area contributed by atoms with Crippen LogP contribution in [-0.4, -0.2) is 29.3 Å². The quantitative estimate of drug-likeness (QED) is 0.133. The Hall–Kier alpha value is -5.23. The summed E-state index contributed by atoms with van der Waals surface area (Å²) in [4.78, 5) is 25.0. The maximum absolute atomic E-state index is 12.7. The molecule has 1 heterocycles. The van der Waals surface area contributed by atoms with Gasteiger partial charge in [0.25, 0.3) is 5.91 Å². The molecule has 0 unspecified atom stereocenters. The fourth-order valence-electron chi connectivity index (χ4n) is 4.50. The van der Waals surface area contributed by atoms with Gasteiger partial charge in [0.05, 0.1) is 29.8 Å². The predicted octanol–water partition coefficient (Wildman–Crippen LogP) is 7.06. The van der Waals surface area contributed by atoms with Crippen LogP contribution in [0.2, 0.25) is 0 Å². The van der Waals surface area contributed by atoms with Crippen molar-refractivity contribution in [2.45, 2.75) is 13.8 Å². The molecule has 0 aliphatic rings. The highest BCUT2D eigenvalue weighted by molar-refractivity contribution is 5.97. The van der Waals surface area contributed by atoms with E-state index in [1.54, 1.807) is 37.4 Å². The van der Waals surface area contributed by atoms with Crippen LogP contribution in [0, 0.1) is 6.92 Å². The SMILES string of the molecule is CCOC(=O)c1ccc(-n2c(-c3ccccc3)cc(/C=N\NC(=O)c3ccc(C)cc3)c2-c2ccccc2)cc1. The molecule has 198 valence electrons. The molecule has 40 heavy (non-hydrogen) atoms. The largest absolute Gasteiger partial charge is 0.462 e. The van der Waals surface area contributed by atoms with Crippen LogP contribution in [-0.2, 0) is 4.74 Å². The van der Waals surface area contributed by atoms with Gasteiger partial charge < -0.3 is 9.30 Å². The van der Waals surface area contributed by atoms with E-state index >= 15 is 0 Å². The third kappa shape index (κ3) is 5.76. The molecule has 4 aromatic carbocycles. The molecule has 0 aliphatic heterocycles. The first-order chi connectivity index (χ1) is 19.5. The molecule has 0 saturated heterocycles. The maximum atomic E-state index is 12.7. The first-order valence-electron chi connectivity index (χ1n) is 13.1. The van der Waals surface area contributed by atoms with Crippen molar-refractivity contribution in [3.63, 3.8) is 0 Å². The van der Waals surface area contributed by atoms with E-state index in [-0.39, 0.29) is 11.9 Å². The maximum Gasteiger partial charge on any atom is 0.338 e. The number of rotatable bonds is 8. The number of esters is 1. The van der Waals surface area contributed by atoms with E-state index in [0.717, 1.165) is 39.3 Å². The number of hydrogen-bond donors (Lipinski definition) is 1. The van der Waals surface area contributed by atoms with Crippen molar-refractivity contribution >= 4 is 18.1 Å². The van der Waals surface area contributed by atoms with Gasteiger partial charge in [-0.05, 0) is 67.4 Å². The fraction of sp³-hybridized carbons (Fsp3) is 0.0882. The predicted molar refractivity (Wildman–Crippen MR) is 159 cm³/mol. The minimum Gasteiger partial charge on any atom is -0.462 e. The Bertz CT molecular complexity index is 1640. The van der Waals surface area contributed by atoms with Crippen LogP contribution in [0.3, 0.4) is 0 Å². The molecule has 0 radical (unpaired) electrons. The second-order valence-electron chi connectivity index (χ2n) is 9.23. The number of hydrazone groups is 1. The van der Waals surface area contributed by atoms with E-state index in [9.17, 15) is 9.59 Å². The Kier molecular flexibility index (Phi) is 7.97. The van der Waals surface area contributed by atoms with Crippen molar-refractivity contribution in [1.29, 1.82) is 0 Å². The molecular weight excluding hydrogens is 498 g/mol. The molecule has 6 nitrogen and oxygen atoms in total. The van der Waals surface area contributed by atoms with Gasteiger partial charge in [0.1, 0.15) is 0 Å². The Balaban J connectivity index is 1.61. The van der Waals surface area contributed by atoms with E-state index < -0.39 is 0 Å². The van der Waals surface area contributed by atoms with Crippen molar-refractivity contribution in [3.8, 4) is 28.2 Å². The Morgan fingerprint density at radius 1 is 0.800 bits per heavy atom. The van der Waals surface area contributed by atoms with Gasteiger partial charge in [0.15, 0.2) is 0 Å². The van der Waals surface area contributed by atoms with Gasteiger partial charge in [-0.3, -0.25) is 4.79 Å². The monoisotopic (exact) mass is 527 g/mol. The highest BCUT2D eigenvalue weighted by atomic mass is 16.5. The smallest absolute Gasteiger partial charge is 0.338 e. The number of nitrogens with zero attached hydrogens (tertiary/aromatic N) is 2. The number of aryl methyl sites for hydroxylation is 1. The van der Waals surface area contributed by atoms with Crippen LogP contribution >= 0.6 is 0 Å². The molecule has 0 saturated carbocycles. The van der Waals surface area contributed by atoms with Crippen molar-refractivity contribution in [3.05, 3.63) is 138 Å². The van der Waals surface area contributed by atoms with Gasteiger partial charge in [-0.15, -0.1) is 0 Å². The van der Waals surface area contributed by atoms with Crippen molar-refractivity contribution < 1.29 is 14.3 Å². The van der Waals surface area contributed by atoms with Crippen LogP contribution in [0.15, 0.2) is 120 Å². The summed E-state index contributed by atoms with van der Waals surface area (Å²) in [6.07, 6.45) is 1.67. The van der Waals surface area contributed by atoms with Gasteiger partial charge in [-0.1, -0.05) is 78.4 Å². The summed E-state index contributed by atoms with van der Waals surface area (Å²) in [5, 5.41) is 4.33. The fourth-order valence-corrected chi connectivity index (χ4v) is 4.50. The second kappa shape index (κ2) is 12.1. The lowest BCUT2D eigenvalue weighted by atomic mass is 10.1. The molecule has 0 bridgehead atoms. The lowest BCUT2D eigenvalue weighted by Crippen LogP contribution is -2.17. The lowest BCUT2D eigenvalue weighted by molar-refractivity contribution is 0.0526. The van der Waals surface area contributed by atoms with Crippen molar-refractivity contribution in [2.24, 2.45) is 5.10 Å². The van der Waals surface area contributed by atoms with E-state index in [0.29, 0.717) is 17.7 Å². The van der Waals surface area contributed by atoms with Crippen LogP contribution in [0.1, 0.15) is 38.8 Å². The number of nitrogens with one attached hydrogen (secondary N) is 1. The Morgan fingerprint density at radius 2 is 1.40 bits per heavy atom. The zero-order valence-corrected chi connectivity index (χ0v) is 22.4. The van der Waals surface area contributed by atoms with Gasteiger partial charge in [0, 0.05) is 16.8 Å². The molecule has 0 spiro atoms. The Morgan fingerprint density at radius 3 is 2.02 bits per heavy atom. The second-order valence-corrected chi connectivity index (χ2v) is 9.23. The highest BCUT2D eigenvalue weighted by Gasteiger charge is 2.19. The molecule has 0 aliphatic carbocycles. The first-order valence-corrected chi connectivity index (χ1v) is 13.1. The summed E-state index contributed by atoms with van der Waals surface area (Å²) in [5.74, 6) is -0.639. The topological polar surface area (TPSA) is 72.7 Å². The van der Waals surface area contributed by atoms with Crippen LogP contribution < -0.4 is 5.43 Å². The zero-order valence-electron chi connectivity index (χ0n) is 22.4. The average molecular weight is 528 g/mol. The van der Waals surface area contributed by atoms with Crippen LogP contribution in [0.4, 0.5) is 0 Å². The van der Waals surface area contributed by atoms with Crippen LogP contribution in [0.25, 0.3) is 28.2 Å². The number of carbonyl (C=O) groups excluding carboxylic acids is 2. The number of carbonyl (C=O) groups is 2. The van der Waals surface area contributed by atoms with E-state index in [1.807, 2.05) is 91.9 Å². The lowest BCUT2D eigenvalue weighted by Gasteiger charge is -2.15. The number of amides is 1. The molecule has 5 aromatic rings. The standard InChI is InChI=1S/C34H29N3O3/c1-3-40-34(39)28-18-20-30(21-19-28)37-31(25-10-6-4-7-11-25)22-29(32(37)26-12-8-5-9-13-26)23-35-36-33(38)27-16-14-24(2)15-17-27/h4-23H,3H2,1-2H3,(H,36,38)/b35-23-. The third-order valence-corrected chi connectivity index (χ3v) is 6.47. The molecule has 5 rings (SSSR count). The van der Waals surface area contributed by atoms with Crippen molar-refractivity contribution in [2.75, 3.05) is 6.61 Å². The summed E-state index contributed by atoms with van der Waals surface area (Å²) < 4.78 is 7.31. The van der Waals surface area contributed by atoms with Gasteiger partial charge >= 0.3 is 5.97 Å². The minimum absolute atomic E-state index is 0.283. The molecular formula is C34H29N3O3. The van der Waals surface area contributed by atoms with E-state index in [1.165, 1.54) is 0 Å². The summed E-state index contributed by atoms with van der Waals surface area (Å²) in [6, 6.07) is 36.8. The molecule has 1 amide bonds. The number of aromatic nitrogens is 1. The van der Waals surface area contributed by atoms with E-state index in [2.05, 4.69) is 21.2 Å². The van der Waals surface area contributed by atoms with Gasteiger partial charge in [0.2, 0.25) is 0 Å². The molecule has 1 N–H and O–H groups in total. The van der Waals surface area contributed by atoms with Gasteiger partial charge in [-0.25, -0.2) is 10.2 Å². The number of hydrogen-bond acceptors (Lipinski definition) is 4. The average Bonchev–Trinajstić information content (AvgIpc) is 3.38. The van der Waals surface area contributed by atoms with E-state index in [4.69, 9.17) is 4.74 Å². The first kappa shape index (κ1) is 26.4. The number of benzene rings is 4. The summed E-state index contributed by atoms with van der Waals surface area (Å²) in [5.41, 5.74) is 10.3. The van der Waals surface area contributed by atoms with Crippen LogP contribution in [0.5, 0.6) is 0 Å². The number of ether oxygens (including phenoxy) is 1. The molecule has 6 heteroatoms. The van der Waals surface area contributed by atoms with Gasteiger partial charge in [-0.2, -0.15) is 5.10 Å². The summed E-state index contributed by atoms with van der Waals surface area (Å²) in [7, 11) is 0. The molecule has 0 atom stereocenters.